The number of pyridine rings is 1. The van der Waals surface area contributed by atoms with Crippen LogP contribution in [0.2, 0.25) is 0 Å². The third-order valence-electron chi connectivity index (χ3n) is 17.5. The number of hydrazine groups is 1. The molecule has 5 aromatic rings. The fourth-order valence-corrected chi connectivity index (χ4v) is 13.8. The summed E-state index contributed by atoms with van der Waals surface area (Å²) in [6.07, 6.45) is 10.7. The summed E-state index contributed by atoms with van der Waals surface area (Å²) in [5.74, 6) is -1.56. The predicted molar refractivity (Wildman–Crippen MR) is 294 cm³/mol. The van der Waals surface area contributed by atoms with Crippen LogP contribution in [0, 0.1) is 17.3 Å². The van der Waals surface area contributed by atoms with Crippen LogP contribution in [-0.2, 0) is 51.0 Å². The average Bonchev–Trinajstić information content (AvgIpc) is 4.41. The predicted octanol–water partition coefficient (Wildman–Crippen LogP) is 6.53. The Bertz CT molecular complexity index is 2940. The van der Waals surface area contributed by atoms with Crippen LogP contribution < -0.4 is 15.6 Å². The van der Waals surface area contributed by atoms with Crippen LogP contribution >= 0.6 is 11.3 Å². The van der Waals surface area contributed by atoms with Gasteiger partial charge in [0.15, 0.2) is 6.39 Å². The minimum absolute atomic E-state index is 0.00753. The van der Waals surface area contributed by atoms with E-state index < -0.39 is 35.4 Å². The van der Waals surface area contributed by atoms with Gasteiger partial charge in [0.25, 0.3) is 5.91 Å². The van der Waals surface area contributed by atoms with Gasteiger partial charge >= 0.3 is 5.97 Å². The summed E-state index contributed by atoms with van der Waals surface area (Å²) in [6, 6.07) is 7.16. The molecule has 4 aromatic heterocycles. The van der Waals surface area contributed by atoms with Crippen LogP contribution in [0.3, 0.4) is 0 Å². The highest BCUT2D eigenvalue weighted by Gasteiger charge is 2.55. The number of aromatic nitrogens is 4. The van der Waals surface area contributed by atoms with E-state index in [1.54, 1.807) is 13.4 Å². The maximum absolute atomic E-state index is 15.3. The highest BCUT2D eigenvalue weighted by molar-refractivity contribution is 7.10. The minimum atomic E-state index is -1.07. The Hall–Kier alpha value is -5.32. The molecule has 1 aromatic carbocycles. The smallest absolute Gasteiger partial charge is 0.324 e. The molecule has 2 N–H and O–H groups in total. The summed E-state index contributed by atoms with van der Waals surface area (Å²) in [4.78, 5) is 66.8. The van der Waals surface area contributed by atoms with E-state index in [9.17, 15) is 9.59 Å². The highest BCUT2D eigenvalue weighted by atomic mass is 32.1. The first kappa shape index (κ1) is 53.3. The number of ether oxygens (including phenoxy) is 5. The van der Waals surface area contributed by atoms with Crippen LogP contribution in [0.5, 0.6) is 0 Å². The number of rotatable bonds is 13. The standard InChI is InChI=1S/C58H76N10O9S/c1-35-48(45-31-75-34-60-45)49(35)54(69)62-51-53(66-19-24-74-25-20-66)55-61-46(32-78-55)37-8-11-47-41(27-37)43(29-58(3,4)33-77-57(71)44-7-6-14-68(63-44)56(51)70)52(67(47)21-26-76-40-12-22-73-23-13-40)42-28-39(30-59-50(42)36(2)72-5)65-17-15-64(16-18-65)38-9-10-38/h8,11,27-28,30-32,34-36,38,40,44,48-49,51,53,63H,6-7,9-10,12-26,29,33H2,1-5H3,(H,62,69)/t35-,36+,44+,48-,49+,51+,53+/m1/s1. The molecule has 418 valence electrons. The molecule has 4 saturated heterocycles. The highest BCUT2D eigenvalue weighted by Crippen LogP contribution is 2.53. The van der Waals surface area contributed by atoms with E-state index in [1.165, 1.54) is 35.6 Å². The Morgan fingerprint density at radius 2 is 1.76 bits per heavy atom. The fraction of sp³-hybridized carbons (Fsp3) is 0.621. The molecule has 12 rings (SSSR count). The van der Waals surface area contributed by atoms with E-state index >= 15 is 4.79 Å². The number of amides is 2. The number of hydrogen-bond donors (Lipinski definition) is 2. The topological polar surface area (TPSA) is 191 Å². The van der Waals surface area contributed by atoms with Crippen molar-refractivity contribution in [2.24, 2.45) is 17.3 Å². The molecule has 7 atom stereocenters. The number of morpholine rings is 1. The van der Waals surface area contributed by atoms with E-state index in [0.29, 0.717) is 89.2 Å². The van der Waals surface area contributed by atoms with E-state index in [2.05, 4.69) is 85.4 Å². The average molecular weight is 1090 g/mol. The van der Waals surface area contributed by atoms with Gasteiger partial charge in [-0.3, -0.25) is 34.2 Å². The summed E-state index contributed by atoms with van der Waals surface area (Å²) in [7, 11) is 1.74. The molecule has 0 spiro atoms. The number of nitrogens with zero attached hydrogens (tertiary/aromatic N) is 8. The minimum Gasteiger partial charge on any atom is -0.464 e. The van der Waals surface area contributed by atoms with Gasteiger partial charge in [-0.25, -0.2) is 15.4 Å². The largest absolute Gasteiger partial charge is 0.464 e. The normalized spacial score (nSPS) is 27.1. The Morgan fingerprint density at radius 1 is 0.962 bits per heavy atom. The summed E-state index contributed by atoms with van der Waals surface area (Å²) < 4.78 is 38.5. The summed E-state index contributed by atoms with van der Waals surface area (Å²) >= 11 is 1.49. The summed E-state index contributed by atoms with van der Waals surface area (Å²) in [5.41, 5.74) is 11.2. The van der Waals surface area contributed by atoms with Gasteiger partial charge in [-0.05, 0) is 81.5 Å². The quantitative estimate of drug-likeness (QED) is 0.121. The number of thiazole rings is 1. The first-order chi connectivity index (χ1) is 37.9. The maximum atomic E-state index is 15.3. The van der Waals surface area contributed by atoms with Gasteiger partial charge < -0.3 is 42.9 Å². The Morgan fingerprint density at radius 3 is 2.51 bits per heavy atom. The molecule has 9 heterocycles. The fourth-order valence-electron chi connectivity index (χ4n) is 12.8. The first-order valence-electron chi connectivity index (χ1n) is 28.5. The van der Waals surface area contributed by atoms with Gasteiger partial charge in [-0.2, -0.15) is 0 Å². The van der Waals surface area contributed by atoms with E-state index in [0.717, 1.165) is 95.4 Å². The number of fused-ring (bicyclic) bond motifs is 6. The number of nitrogens with one attached hydrogen (secondary N) is 2. The van der Waals surface area contributed by atoms with Crippen molar-refractivity contribution in [3.8, 4) is 22.5 Å². The zero-order valence-corrected chi connectivity index (χ0v) is 46.6. The number of esters is 1. The van der Waals surface area contributed by atoms with Gasteiger partial charge in [0.05, 0.1) is 79.3 Å². The van der Waals surface area contributed by atoms with Crippen molar-refractivity contribution in [3.05, 3.63) is 70.5 Å². The SMILES string of the molecule is CO[C@@H](C)c1ncc(N2CCN(C3CC3)CC2)cc1-c1c2c3cc(ccc3n1CCOC1CCOCC1)-c1csc(n1)[C@@H](N1CCOCC1)[C@H](NC(=O)[C@H]1[C@H](C)[C@@H]1c1cocn1)C(=O)N1CCC[C@H](N1)C(=O)OCC(C)(C)C2. The van der Waals surface area contributed by atoms with Crippen LogP contribution in [0.25, 0.3) is 33.4 Å². The van der Waals surface area contributed by atoms with Crippen molar-refractivity contribution in [2.45, 2.75) is 121 Å². The van der Waals surface area contributed by atoms with Crippen molar-refractivity contribution in [3.63, 3.8) is 0 Å². The number of carbonyl (C=O) groups is 3. The third kappa shape index (κ3) is 11.0. The number of piperazine rings is 1. The number of hydrogen-bond acceptors (Lipinski definition) is 17. The van der Waals surface area contributed by atoms with E-state index in [4.69, 9.17) is 38.1 Å². The third-order valence-corrected chi connectivity index (χ3v) is 18.4. The molecule has 0 radical (unpaired) electrons. The lowest BCUT2D eigenvalue weighted by atomic mass is 9.84. The van der Waals surface area contributed by atoms with Gasteiger partial charge in [0.1, 0.15) is 23.4 Å². The monoisotopic (exact) mass is 1090 g/mol. The maximum Gasteiger partial charge on any atom is 0.324 e. The van der Waals surface area contributed by atoms with Crippen LogP contribution in [0.15, 0.2) is 52.9 Å². The Labute approximate surface area is 460 Å². The number of carbonyl (C=O) groups excluding carboxylic acids is 3. The van der Waals surface area contributed by atoms with Gasteiger partial charge in [-0.1, -0.05) is 26.8 Å². The molecule has 2 aliphatic carbocycles. The van der Waals surface area contributed by atoms with E-state index in [1.807, 2.05) is 13.1 Å². The lowest BCUT2D eigenvalue weighted by Gasteiger charge is -2.41. The van der Waals surface area contributed by atoms with Crippen LogP contribution in [-0.4, -0.2) is 169 Å². The van der Waals surface area contributed by atoms with Gasteiger partial charge in [-0.15, -0.1) is 11.3 Å². The molecular weight excluding hydrogens is 1010 g/mol. The molecule has 19 nitrogen and oxygen atoms in total. The first-order valence-corrected chi connectivity index (χ1v) is 29.4. The number of benzene rings is 1. The Balaban J connectivity index is 0.994. The molecule has 78 heavy (non-hydrogen) atoms. The van der Waals surface area contributed by atoms with Crippen LogP contribution in [0.4, 0.5) is 5.69 Å². The molecule has 2 saturated carbocycles. The lowest BCUT2D eigenvalue weighted by molar-refractivity contribution is -0.156. The van der Waals surface area contributed by atoms with Gasteiger partial charge in [0, 0.05) is 123 Å². The molecule has 5 aliphatic heterocycles. The van der Waals surface area contributed by atoms with Crippen molar-refractivity contribution < 1.29 is 42.5 Å². The number of methoxy groups -OCH3 is 1. The zero-order valence-electron chi connectivity index (χ0n) is 45.8. The van der Waals surface area contributed by atoms with Gasteiger partial charge in [0.2, 0.25) is 5.91 Å². The van der Waals surface area contributed by atoms with Crippen molar-refractivity contribution in [1.29, 1.82) is 0 Å². The second kappa shape index (κ2) is 22.7. The molecular formula is C58H76N10O9S. The summed E-state index contributed by atoms with van der Waals surface area (Å²) in [5, 5.41) is 8.62. The lowest BCUT2D eigenvalue weighted by Crippen LogP contribution is -2.63. The van der Waals surface area contributed by atoms with Crippen LogP contribution in [0.1, 0.15) is 106 Å². The number of cyclic esters (lactones) is 1. The molecule has 0 unspecified atom stereocenters. The Kier molecular flexibility index (Phi) is 15.5. The molecule has 7 aliphatic rings. The number of oxazole rings is 1. The summed E-state index contributed by atoms with van der Waals surface area (Å²) in [6.45, 7) is 17.2. The second-order valence-electron chi connectivity index (χ2n) is 23.4. The zero-order chi connectivity index (χ0) is 53.7. The molecule has 2 amide bonds. The number of anilines is 1. The van der Waals surface area contributed by atoms with Crippen molar-refractivity contribution in [1.82, 2.24) is 45.1 Å². The molecule has 6 bridgehead atoms. The molecule has 20 heteroatoms. The van der Waals surface area contributed by atoms with E-state index in [-0.39, 0.29) is 42.5 Å². The van der Waals surface area contributed by atoms with Crippen molar-refractivity contribution in [2.75, 3.05) is 97.5 Å². The van der Waals surface area contributed by atoms with Crippen molar-refractivity contribution >= 4 is 45.7 Å². The second-order valence-corrected chi connectivity index (χ2v) is 24.3. The molecule has 6 fully saturated rings.